The van der Waals surface area contributed by atoms with Crippen molar-refractivity contribution in [2.24, 2.45) is 0 Å². The molecule has 0 aliphatic carbocycles. The smallest absolute Gasteiger partial charge is 0.161 e. The number of sulfone groups is 1. The minimum Gasteiger partial charge on any atom is -0.379 e. The molecule has 1 N–H and O–H groups in total. The number of hydrogen-bond acceptors (Lipinski definition) is 3. The van der Waals surface area contributed by atoms with Gasteiger partial charge in [0.25, 0.3) is 0 Å². The van der Waals surface area contributed by atoms with Gasteiger partial charge in [0.05, 0.1) is 11.4 Å². The van der Waals surface area contributed by atoms with E-state index in [9.17, 15) is 21.6 Å². The summed E-state index contributed by atoms with van der Waals surface area (Å²) in [4.78, 5) is 0. The van der Waals surface area contributed by atoms with E-state index in [-0.39, 0.29) is 17.2 Å². The third-order valence-corrected chi connectivity index (χ3v) is 4.24. The summed E-state index contributed by atoms with van der Waals surface area (Å²) in [5, 5.41) is 2.51. The molecule has 1 unspecified atom stereocenters. The second kappa shape index (κ2) is 5.60. The summed E-state index contributed by atoms with van der Waals surface area (Å²) in [6, 6.07) is 0.479. The van der Waals surface area contributed by atoms with Crippen molar-refractivity contribution in [1.82, 2.24) is 0 Å². The van der Waals surface area contributed by atoms with Crippen LogP contribution in [0.25, 0.3) is 0 Å². The highest BCUT2D eigenvalue weighted by molar-refractivity contribution is 7.91. The van der Waals surface area contributed by atoms with E-state index < -0.39 is 33.3 Å². The summed E-state index contributed by atoms with van der Waals surface area (Å²) in [6.07, 6.45) is 0. The van der Waals surface area contributed by atoms with Gasteiger partial charge in [-0.1, -0.05) is 6.92 Å². The van der Waals surface area contributed by atoms with Crippen LogP contribution in [0.15, 0.2) is 12.1 Å². The molecule has 0 saturated heterocycles. The van der Waals surface area contributed by atoms with Crippen LogP contribution in [0.3, 0.4) is 0 Å². The fourth-order valence-electron chi connectivity index (χ4n) is 1.44. The quantitative estimate of drug-likeness (QED) is 0.843. The highest BCUT2D eigenvalue weighted by Crippen LogP contribution is 2.19. The Morgan fingerprint density at radius 1 is 1.17 bits per heavy atom. The molecular formula is C11H14F3NO2S. The molecular weight excluding hydrogens is 267 g/mol. The zero-order valence-corrected chi connectivity index (χ0v) is 10.8. The molecule has 1 aromatic rings. The first kappa shape index (κ1) is 14.8. The Labute approximate surface area is 104 Å². The Kier molecular flexibility index (Phi) is 4.61. The van der Waals surface area contributed by atoms with Crippen LogP contribution in [-0.2, 0) is 9.84 Å². The van der Waals surface area contributed by atoms with Crippen LogP contribution in [0, 0.1) is 17.5 Å². The van der Waals surface area contributed by atoms with E-state index in [1.807, 2.05) is 0 Å². The molecule has 0 amide bonds. The zero-order valence-electron chi connectivity index (χ0n) is 10.0. The molecule has 0 aliphatic rings. The Balaban J connectivity index is 2.82. The molecule has 102 valence electrons. The SMILES string of the molecule is CCS(=O)(=O)CC(C)Nc1cc(F)c(F)cc1F. The lowest BCUT2D eigenvalue weighted by Gasteiger charge is -2.15. The first-order chi connectivity index (χ1) is 8.25. The molecule has 1 atom stereocenters. The molecule has 0 heterocycles. The lowest BCUT2D eigenvalue weighted by molar-refractivity contribution is 0.495. The van der Waals surface area contributed by atoms with Crippen LogP contribution in [-0.4, -0.2) is 26.0 Å². The normalized spacial score (nSPS) is 13.4. The van der Waals surface area contributed by atoms with Crippen molar-refractivity contribution < 1.29 is 21.6 Å². The Hall–Kier alpha value is -1.24. The summed E-state index contributed by atoms with van der Waals surface area (Å²) >= 11 is 0. The predicted molar refractivity (Wildman–Crippen MR) is 63.7 cm³/mol. The van der Waals surface area contributed by atoms with Gasteiger partial charge in [-0.15, -0.1) is 0 Å². The lowest BCUT2D eigenvalue weighted by atomic mass is 10.2. The zero-order chi connectivity index (χ0) is 13.9. The monoisotopic (exact) mass is 281 g/mol. The molecule has 0 aliphatic heterocycles. The third kappa shape index (κ3) is 3.90. The van der Waals surface area contributed by atoms with E-state index in [0.717, 1.165) is 0 Å². The fourth-order valence-corrected chi connectivity index (χ4v) is 2.52. The van der Waals surface area contributed by atoms with Crippen molar-refractivity contribution in [2.75, 3.05) is 16.8 Å². The van der Waals surface area contributed by atoms with E-state index >= 15 is 0 Å². The molecule has 1 aromatic carbocycles. The molecule has 18 heavy (non-hydrogen) atoms. The van der Waals surface area contributed by atoms with Crippen molar-refractivity contribution in [3.63, 3.8) is 0 Å². The van der Waals surface area contributed by atoms with Crippen LogP contribution in [0.5, 0.6) is 0 Å². The summed E-state index contributed by atoms with van der Waals surface area (Å²) in [6.45, 7) is 3.02. The first-order valence-electron chi connectivity index (χ1n) is 5.36. The largest absolute Gasteiger partial charge is 0.379 e. The van der Waals surface area contributed by atoms with Crippen LogP contribution < -0.4 is 5.32 Å². The van der Waals surface area contributed by atoms with E-state index in [0.29, 0.717) is 12.1 Å². The third-order valence-electron chi connectivity index (χ3n) is 2.36. The molecule has 0 radical (unpaired) electrons. The molecule has 7 heteroatoms. The minimum atomic E-state index is -3.22. The average molecular weight is 281 g/mol. The fraction of sp³-hybridized carbons (Fsp3) is 0.455. The van der Waals surface area contributed by atoms with Crippen molar-refractivity contribution in [3.8, 4) is 0 Å². The lowest BCUT2D eigenvalue weighted by Crippen LogP contribution is -2.27. The predicted octanol–water partition coefficient (Wildman–Crippen LogP) is 2.34. The van der Waals surface area contributed by atoms with Gasteiger partial charge in [0, 0.05) is 23.9 Å². The van der Waals surface area contributed by atoms with Crippen LogP contribution in [0.2, 0.25) is 0 Å². The van der Waals surface area contributed by atoms with Gasteiger partial charge in [0.15, 0.2) is 21.5 Å². The molecule has 0 aromatic heterocycles. The number of benzene rings is 1. The second-order valence-electron chi connectivity index (χ2n) is 3.99. The maximum Gasteiger partial charge on any atom is 0.161 e. The van der Waals surface area contributed by atoms with Gasteiger partial charge in [0.1, 0.15) is 5.82 Å². The molecule has 1 rings (SSSR count). The number of hydrogen-bond donors (Lipinski definition) is 1. The topological polar surface area (TPSA) is 46.2 Å². The van der Waals surface area contributed by atoms with E-state index in [2.05, 4.69) is 5.32 Å². The standard InChI is InChI=1S/C11H14F3NO2S/c1-3-18(16,17)6-7(2)15-11-5-9(13)8(12)4-10(11)14/h4-5,7,15H,3,6H2,1-2H3. The maximum absolute atomic E-state index is 13.3. The van der Waals surface area contributed by atoms with Crippen molar-refractivity contribution >= 4 is 15.5 Å². The van der Waals surface area contributed by atoms with Crippen molar-refractivity contribution in [3.05, 3.63) is 29.6 Å². The highest BCUT2D eigenvalue weighted by atomic mass is 32.2. The number of rotatable bonds is 5. The van der Waals surface area contributed by atoms with Crippen LogP contribution in [0.4, 0.5) is 18.9 Å². The van der Waals surface area contributed by atoms with Gasteiger partial charge in [-0.25, -0.2) is 21.6 Å². The van der Waals surface area contributed by atoms with Gasteiger partial charge in [-0.2, -0.15) is 0 Å². The number of nitrogens with one attached hydrogen (secondary N) is 1. The minimum absolute atomic E-state index is 0.0285. The van der Waals surface area contributed by atoms with Gasteiger partial charge in [-0.05, 0) is 6.92 Å². The maximum atomic E-state index is 13.3. The second-order valence-corrected chi connectivity index (χ2v) is 6.39. The van der Waals surface area contributed by atoms with Gasteiger partial charge < -0.3 is 5.32 Å². The molecule has 0 bridgehead atoms. The average Bonchev–Trinajstić information content (AvgIpc) is 2.25. The summed E-state index contributed by atoms with van der Waals surface area (Å²) < 4.78 is 61.6. The number of halogens is 3. The van der Waals surface area contributed by atoms with E-state index in [1.54, 1.807) is 0 Å². The van der Waals surface area contributed by atoms with E-state index in [1.165, 1.54) is 13.8 Å². The molecule has 0 spiro atoms. The van der Waals surface area contributed by atoms with Crippen LogP contribution in [0.1, 0.15) is 13.8 Å². The van der Waals surface area contributed by atoms with Crippen molar-refractivity contribution in [2.45, 2.75) is 19.9 Å². The summed E-state index contributed by atoms with van der Waals surface area (Å²) in [5.74, 6) is -3.67. The number of anilines is 1. The Morgan fingerprint density at radius 3 is 2.28 bits per heavy atom. The Morgan fingerprint density at radius 2 is 1.72 bits per heavy atom. The van der Waals surface area contributed by atoms with Gasteiger partial charge >= 0.3 is 0 Å². The molecule has 3 nitrogen and oxygen atoms in total. The highest BCUT2D eigenvalue weighted by Gasteiger charge is 2.16. The Bertz CT molecular complexity index is 531. The van der Waals surface area contributed by atoms with E-state index in [4.69, 9.17) is 0 Å². The summed E-state index contributed by atoms with van der Waals surface area (Å²) in [5.41, 5.74) is -0.257. The first-order valence-corrected chi connectivity index (χ1v) is 7.19. The van der Waals surface area contributed by atoms with Gasteiger partial charge in [-0.3, -0.25) is 0 Å². The molecule has 0 saturated carbocycles. The molecule has 0 fully saturated rings. The summed E-state index contributed by atoms with van der Waals surface area (Å²) in [7, 11) is -3.22. The van der Waals surface area contributed by atoms with Crippen LogP contribution >= 0.6 is 0 Å². The van der Waals surface area contributed by atoms with Crippen molar-refractivity contribution in [1.29, 1.82) is 0 Å². The van der Waals surface area contributed by atoms with Gasteiger partial charge in [0.2, 0.25) is 0 Å².